The van der Waals surface area contributed by atoms with E-state index in [-0.39, 0.29) is 35.8 Å². The van der Waals surface area contributed by atoms with E-state index in [9.17, 15) is 9.90 Å². The Bertz CT molecular complexity index is 241. The standard InChI is InChI=1S/C12H24N2O2.ClH/c1-12(2,3)5-4-11(16)14-7-9-6-13-8-10(9)15;/h9-10,13,15H,4-8H2,1-3H3,(H,14,16);1H. The summed E-state index contributed by atoms with van der Waals surface area (Å²) in [4.78, 5) is 11.5. The van der Waals surface area contributed by atoms with Crippen molar-refractivity contribution in [3.63, 3.8) is 0 Å². The summed E-state index contributed by atoms with van der Waals surface area (Å²) in [6, 6.07) is 0. The van der Waals surface area contributed by atoms with Crippen LogP contribution in [0.25, 0.3) is 0 Å². The van der Waals surface area contributed by atoms with Crippen LogP contribution in [0.3, 0.4) is 0 Å². The number of carbonyl (C=O) groups excluding carboxylic acids is 1. The number of aliphatic hydroxyl groups is 1. The van der Waals surface area contributed by atoms with E-state index in [4.69, 9.17) is 0 Å². The van der Waals surface area contributed by atoms with Crippen molar-refractivity contribution in [1.82, 2.24) is 10.6 Å². The summed E-state index contributed by atoms with van der Waals surface area (Å²) < 4.78 is 0. The molecule has 1 saturated heterocycles. The normalized spacial score (nSPS) is 24.2. The van der Waals surface area contributed by atoms with Gasteiger partial charge < -0.3 is 15.7 Å². The van der Waals surface area contributed by atoms with Crippen LogP contribution >= 0.6 is 12.4 Å². The van der Waals surface area contributed by atoms with E-state index >= 15 is 0 Å². The molecule has 17 heavy (non-hydrogen) atoms. The van der Waals surface area contributed by atoms with Gasteiger partial charge in [-0.05, 0) is 11.8 Å². The maximum absolute atomic E-state index is 11.5. The summed E-state index contributed by atoms with van der Waals surface area (Å²) >= 11 is 0. The van der Waals surface area contributed by atoms with Crippen LogP contribution in [0.1, 0.15) is 33.6 Å². The summed E-state index contributed by atoms with van der Waals surface area (Å²) in [5.74, 6) is 0.257. The van der Waals surface area contributed by atoms with Crippen LogP contribution in [0, 0.1) is 11.3 Å². The molecule has 0 aliphatic carbocycles. The molecule has 1 heterocycles. The lowest BCUT2D eigenvalue weighted by Crippen LogP contribution is -2.34. The molecule has 0 aromatic carbocycles. The zero-order chi connectivity index (χ0) is 12.2. The van der Waals surface area contributed by atoms with Gasteiger partial charge in [-0.3, -0.25) is 4.79 Å². The highest BCUT2D eigenvalue weighted by Gasteiger charge is 2.25. The van der Waals surface area contributed by atoms with Gasteiger partial charge in [0.05, 0.1) is 6.10 Å². The van der Waals surface area contributed by atoms with Crippen LogP contribution in [0.4, 0.5) is 0 Å². The first-order chi connectivity index (χ1) is 7.38. The predicted octanol–water partition coefficient (Wildman–Crippen LogP) is 0.931. The van der Waals surface area contributed by atoms with Crippen molar-refractivity contribution in [1.29, 1.82) is 0 Å². The van der Waals surface area contributed by atoms with Crippen LogP contribution in [0.5, 0.6) is 0 Å². The van der Waals surface area contributed by atoms with E-state index in [0.717, 1.165) is 13.0 Å². The number of carbonyl (C=O) groups is 1. The van der Waals surface area contributed by atoms with Crippen molar-refractivity contribution in [2.24, 2.45) is 11.3 Å². The SMILES string of the molecule is CC(C)(C)CCC(=O)NCC1CNCC1O.Cl. The third-order valence-corrected chi connectivity index (χ3v) is 2.97. The fraction of sp³-hybridized carbons (Fsp3) is 0.917. The molecule has 2 atom stereocenters. The molecule has 102 valence electrons. The van der Waals surface area contributed by atoms with Crippen molar-refractivity contribution < 1.29 is 9.90 Å². The minimum absolute atomic E-state index is 0. The molecule has 4 nitrogen and oxygen atoms in total. The summed E-state index contributed by atoms with van der Waals surface area (Å²) in [5.41, 5.74) is 0.200. The molecular weight excluding hydrogens is 240 g/mol. The molecule has 1 rings (SSSR count). The molecule has 0 saturated carbocycles. The highest BCUT2D eigenvalue weighted by atomic mass is 35.5. The molecule has 0 spiro atoms. The molecule has 3 N–H and O–H groups in total. The summed E-state index contributed by atoms with van der Waals surface area (Å²) in [5, 5.41) is 15.5. The van der Waals surface area contributed by atoms with Crippen LogP contribution in [-0.2, 0) is 4.79 Å². The molecule has 0 aromatic heterocycles. The predicted molar refractivity (Wildman–Crippen MR) is 71.3 cm³/mol. The second-order valence-electron chi connectivity index (χ2n) is 5.85. The van der Waals surface area contributed by atoms with Gasteiger partial charge >= 0.3 is 0 Å². The van der Waals surface area contributed by atoms with Gasteiger partial charge in [0.15, 0.2) is 0 Å². The average molecular weight is 265 g/mol. The Hall–Kier alpha value is -0.320. The van der Waals surface area contributed by atoms with Gasteiger partial charge in [0.2, 0.25) is 5.91 Å². The number of rotatable bonds is 4. The van der Waals surface area contributed by atoms with Crippen molar-refractivity contribution in [3.8, 4) is 0 Å². The van der Waals surface area contributed by atoms with Gasteiger partial charge in [-0.25, -0.2) is 0 Å². The van der Waals surface area contributed by atoms with Crippen molar-refractivity contribution in [2.75, 3.05) is 19.6 Å². The molecule has 5 heteroatoms. The van der Waals surface area contributed by atoms with Crippen LogP contribution in [0.2, 0.25) is 0 Å². The van der Waals surface area contributed by atoms with Gasteiger partial charge in [0.25, 0.3) is 0 Å². The Morgan fingerprint density at radius 2 is 2.06 bits per heavy atom. The largest absolute Gasteiger partial charge is 0.391 e. The minimum atomic E-state index is -0.317. The zero-order valence-electron chi connectivity index (χ0n) is 11.0. The lowest BCUT2D eigenvalue weighted by molar-refractivity contribution is -0.121. The Labute approximate surface area is 110 Å². The molecule has 0 radical (unpaired) electrons. The zero-order valence-corrected chi connectivity index (χ0v) is 11.8. The first kappa shape index (κ1) is 16.7. The van der Waals surface area contributed by atoms with E-state index in [0.29, 0.717) is 19.5 Å². The highest BCUT2D eigenvalue weighted by molar-refractivity contribution is 5.85. The monoisotopic (exact) mass is 264 g/mol. The van der Waals surface area contributed by atoms with E-state index in [1.54, 1.807) is 0 Å². The quantitative estimate of drug-likeness (QED) is 0.708. The first-order valence-electron chi connectivity index (χ1n) is 6.04. The fourth-order valence-corrected chi connectivity index (χ4v) is 1.75. The Kier molecular flexibility index (Phi) is 7.05. The molecule has 1 aliphatic heterocycles. The number of amides is 1. The number of aliphatic hydroxyl groups excluding tert-OH is 1. The van der Waals surface area contributed by atoms with E-state index in [2.05, 4.69) is 31.4 Å². The Morgan fingerprint density at radius 1 is 1.41 bits per heavy atom. The van der Waals surface area contributed by atoms with E-state index in [1.807, 2.05) is 0 Å². The van der Waals surface area contributed by atoms with E-state index in [1.165, 1.54) is 0 Å². The number of halogens is 1. The van der Waals surface area contributed by atoms with Crippen LogP contribution < -0.4 is 10.6 Å². The third kappa shape index (κ3) is 6.86. The second-order valence-corrected chi connectivity index (χ2v) is 5.85. The third-order valence-electron chi connectivity index (χ3n) is 2.97. The van der Waals surface area contributed by atoms with Crippen molar-refractivity contribution >= 4 is 18.3 Å². The lowest BCUT2D eigenvalue weighted by Gasteiger charge is -2.18. The average Bonchev–Trinajstić information content (AvgIpc) is 2.57. The summed E-state index contributed by atoms with van der Waals surface area (Å²) in [6.07, 6.45) is 1.15. The second kappa shape index (κ2) is 7.19. The summed E-state index contributed by atoms with van der Waals surface area (Å²) in [7, 11) is 0. The fourth-order valence-electron chi connectivity index (χ4n) is 1.75. The molecule has 1 fully saturated rings. The number of nitrogens with one attached hydrogen (secondary N) is 2. The molecule has 1 aliphatic rings. The lowest BCUT2D eigenvalue weighted by atomic mass is 9.90. The topological polar surface area (TPSA) is 61.4 Å². The Morgan fingerprint density at radius 3 is 2.53 bits per heavy atom. The van der Waals surface area contributed by atoms with Crippen LogP contribution in [-0.4, -0.2) is 36.8 Å². The van der Waals surface area contributed by atoms with Crippen molar-refractivity contribution in [2.45, 2.75) is 39.7 Å². The smallest absolute Gasteiger partial charge is 0.220 e. The van der Waals surface area contributed by atoms with Crippen molar-refractivity contribution in [3.05, 3.63) is 0 Å². The molecule has 0 aromatic rings. The van der Waals surface area contributed by atoms with Gasteiger partial charge in [0, 0.05) is 32.0 Å². The van der Waals surface area contributed by atoms with Gasteiger partial charge in [0.1, 0.15) is 0 Å². The van der Waals surface area contributed by atoms with Crippen LogP contribution in [0.15, 0.2) is 0 Å². The number of β-amino-alcohol motifs (C(OH)–C–C–N with tert-alkyl or cyclic N) is 1. The molecule has 0 bridgehead atoms. The summed E-state index contributed by atoms with van der Waals surface area (Å²) in [6.45, 7) is 8.40. The molecule has 1 amide bonds. The first-order valence-corrected chi connectivity index (χ1v) is 6.04. The molecule has 2 unspecified atom stereocenters. The maximum Gasteiger partial charge on any atom is 0.220 e. The molecular formula is C12H25ClN2O2. The maximum atomic E-state index is 11.5. The van der Waals surface area contributed by atoms with E-state index < -0.39 is 0 Å². The van der Waals surface area contributed by atoms with Gasteiger partial charge in [-0.1, -0.05) is 20.8 Å². The number of hydrogen-bond acceptors (Lipinski definition) is 3. The highest BCUT2D eigenvalue weighted by Crippen LogP contribution is 2.20. The van der Waals surface area contributed by atoms with Gasteiger partial charge in [-0.2, -0.15) is 0 Å². The Balaban J connectivity index is 0.00000256. The van der Waals surface area contributed by atoms with Gasteiger partial charge in [-0.15, -0.1) is 12.4 Å². The minimum Gasteiger partial charge on any atom is -0.391 e. The number of hydrogen-bond donors (Lipinski definition) is 3.